The van der Waals surface area contributed by atoms with Gasteiger partial charge in [-0.3, -0.25) is 9.48 Å². The predicted octanol–water partition coefficient (Wildman–Crippen LogP) is 2.55. The second-order valence-electron chi connectivity index (χ2n) is 5.23. The Hall–Kier alpha value is -2.36. The zero-order valence-corrected chi connectivity index (χ0v) is 11.7. The van der Waals surface area contributed by atoms with Crippen LogP contribution in [-0.2, 0) is 11.8 Å². The van der Waals surface area contributed by atoms with Gasteiger partial charge in [0.05, 0.1) is 12.2 Å². The summed E-state index contributed by atoms with van der Waals surface area (Å²) in [4.78, 5) is 13.7. The van der Waals surface area contributed by atoms with E-state index < -0.39 is 0 Å². The van der Waals surface area contributed by atoms with Gasteiger partial charge in [0.15, 0.2) is 0 Å². The maximum atomic E-state index is 12.0. The van der Waals surface area contributed by atoms with Crippen molar-refractivity contribution in [1.29, 1.82) is 0 Å². The largest absolute Gasteiger partial charge is 0.335 e. The molecule has 0 saturated carbocycles. The lowest BCUT2D eigenvalue weighted by Gasteiger charge is -2.22. The molecule has 1 aliphatic heterocycles. The molecule has 0 spiro atoms. The number of aryl methyl sites for hydroxylation is 1. The molecule has 1 atom stereocenters. The number of likely N-dealkylation sites (N-methyl/N-ethyl adjacent to an activating group) is 1. The van der Waals surface area contributed by atoms with Crippen LogP contribution in [0.2, 0.25) is 0 Å². The Bertz CT molecular complexity index is 687. The van der Waals surface area contributed by atoms with Crippen LogP contribution in [0.4, 0.5) is 0 Å². The predicted molar refractivity (Wildman–Crippen MR) is 77.9 cm³/mol. The fourth-order valence-corrected chi connectivity index (χ4v) is 2.78. The van der Waals surface area contributed by atoms with Crippen molar-refractivity contribution in [3.05, 3.63) is 54.4 Å². The van der Waals surface area contributed by atoms with E-state index in [0.717, 1.165) is 16.7 Å². The van der Waals surface area contributed by atoms with E-state index >= 15 is 0 Å². The number of carbonyl (C=O) groups excluding carboxylic acids is 1. The highest BCUT2D eigenvalue weighted by Crippen LogP contribution is 2.38. The smallest absolute Gasteiger partial charge is 0.249 e. The number of rotatable bonds is 2. The Balaban J connectivity index is 2.07. The van der Waals surface area contributed by atoms with Crippen molar-refractivity contribution < 1.29 is 4.79 Å². The second-order valence-corrected chi connectivity index (χ2v) is 5.23. The zero-order chi connectivity index (χ0) is 14.3. The van der Waals surface area contributed by atoms with Gasteiger partial charge >= 0.3 is 0 Å². The molecule has 1 fully saturated rings. The number of hydrogen-bond donors (Lipinski definition) is 0. The summed E-state index contributed by atoms with van der Waals surface area (Å²) in [6.45, 7) is 3.86. The van der Waals surface area contributed by atoms with Gasteiger partial charge in [0.25, 0.3) is 0 Å². The molecule has 0 radical (unpaired) electrons. The topological polar surface area (TPSA) is 38.1 Å². The molecule has 1 aromatic heterocycles. The van der Waals surface area contributed by atoms with Crippen molar-refractivity contribution in [2.45, 2.75) is 12.5 Å². The Morgan fingerprint density at radius 2 is 2.05 bits per heavy atom. The monoisotopic (exact) mass is 267 g/mol. The van der Waals surface area contributed by atoms with Crippen molar-refractivity contribution in [2.75, 3.05) is 7.05 Å². The number of aromatic nitrogens is 2. The van der Waals surface area contributed by atoms with E-state index in [4.69, 9.17) is 0 Å². The quantitative estimate of drug-likeness (QED) is 0.784. The minimum atomic E-state index is 0.0380. The summed E-state index contributed by atoms with van der Waals surface area (Å²) in [5, 5.41) is 4.23. The molecule has 1 aliphatic rings. The Morgan fingerprint density at radius 1 is 1.30 bits per heavy atom. The summed E-state index contributed by atoms with van der Waals surface area (Å²) in [6.07, 6.45) is 4.53. The van der Waals surface area contributed by atoms with Crippen LogP contribution in [0, 0.1) is 0 Å². The average Bonchev–Trinajstić information content (AvgIpc) is 2.98. The first-order valence-electron chi connectivity index (χ1n) is 6.61. The number of nitrogens with zero attached hydrogens (tertiary/aromatic N) is 3. The zero-order valence-electron chi connectivity index (χ0n) is 11.7. The van der Waals surface area contributed by atoms with Crippen molar-refractivity contribution in [2.24, 2.45) is 7.05 Å². The molecule has 1 aromatic carbocycles. The lowest BCUT2D eigenvalue weighted by atomic mass is 9.95. The number of benzene rings is 1. The molecule has 4 heteroatoms. The molecule has 1 amide bonds. The van der Waals surface area contributed by atoms with Gasteiger partial charge in [-0.2, -0.15) is 5.10 Å². The molecule has 3 rings (SSSR count). The van der Waals surface area contributed by atoms with Crippen LogP contribution < -0.4 is 0 Å². The van der Waals surface area contributed by atoms with Gasteiger partial charge in [-0.05, 0) is 11.1 Å². The maximum Gasteiger partial charge on any atom is 0.249 e. The molecular weight excluding hydrogens is 250 g/mol. The van der Waals surface area contributed by atoms with E-state index in [-0.39, 0.29) is 11.9 Å². The van der Waals surface area contributed by atoms with Gasteiger partial charge in [-0.1, -0.05) is 30.8 Å². The highest BCUT2D eigenvalue weighted by Gasteiger charge is 2.33. The third kappa shape index (κ3) is 1.93. The van der Waals surface area contributed by atoms with Crippen molar-refractivity contribution in [3.63, 3.8) is 0 Å². The van der Waals surface area contributed by atoms with Gasteiger partial charge in [0.1, 0.15) is 0 Å². The van der Waals surface area contributed by atoms with E-state index in [1.54, 1.807) is 9.58 Å². The molecule has 1 unspecified atom stereocenters. The van der Waals surface area contributed by atoms with Crippen LogP contribution in [-0.4, -0.2) is 27.6 Å². The Kier molecular flexibility index (Phi) is 2.93. The number of likely N-dealkylation sites (tertiary alicyclic amines) is 1. The summed E-state index contributed by atoms with van der Waals surface area (Å²) in [7, 11) is 3.74. The van der Waals surface area contributed by atoms with Gasteiger partial charge in [0, 0.05) is 37.8 Å². The molecule has 2 heterocycles. The first kappa shape index (κ1) is 12.7. The summed E-state index contributed by atoms with van der Waals surface area (Å²) >= 11 is 0. The van der Waals surface area contributed by atoms with Crippen LogP contribution in [0.3, 0.4) is 0 Å². The lowest BCUT2D eigenvalue weighted by Crippen LogP contribution is -2.23. The van der Waals surface area contributed by atoms with Crippen LogP contribution in [0.25, 0.3) is 11.1 Å². The van der Waals surface area contributed by atoms with E-state index in [1.165, 1.54) is 0 Å². The van der Waals surface area contributed by atoms with E-state index in [1.807, 2.05) is 38.6 Å². The molecule has 4 nitrogen and oxygen atoms in total. The molecule has 0 bridgehead atoms. The fourth-order valence-electron chi connectivity index (χ4n) is 2.78. The van der Waals surface area contributed by atoms with Gasteiger partial charge < -0.3 is 4.90 Å². The van der Waals surface area contributed by atoms with E-state index in [9.17, 15) is 4.79 Å². The van der Waals surface area contributed by atoms with Crippen LogP contribution in [0.5, 0.6) is 0 Å². The minimum Gasteiger partial charge on any atom is -0.335 e. The summed E-state index contributed by atoms with van der Waals surface area (Å²) in [5.41, 5.74) is 4.02. The Morgan fingerprint density at radius 3 is 2.65 bits per heavy atom. The standard InChI is InChI=1S/C16H17N3O/c1-11-8-15(19(3)16(11)20)14-7-5-4-6-13(14)12-9-17-18(2)10-12/h4-7,9-10,15H,1,8H2,2-3H3. The fraction of sp³-hybridized carbons (Fsp3) is 0.250. The molecule has 1 saturated heterocycles. The average molecular weight is 267 g/mol. The van der Waals surface area contributed by atoms with Crippen LogP contribution >= 0.6 is 0 Å². The molecule has 0 aliphatic carbocycles. The first-order chi connectivity index (χ1) is 9.58. The molecule has 20 heavy (non-hydrogen) atoms. The first-order valence-corrected chi connectivity index (χ1v) is 6.61. The third-order valence-electron chi connectivity index (χ3n) is 3.87. The van der Waals surface area contributed by atoms with Gasteiger partial charge in [-0.15, -0.1) is 0 Å². The number of amides is 1. The summed E-state index contributed by atoms with van der Waals surface area (Å²) < 4.78 is 1.79. The summed E-state index contributed by atoms with van der Waals surface area (Å²) in [5.74, 6) is 0.0380. The van der Waals surface area contributed by atoms with Crippen molar-refractivity contribution >= 4 is 5.91 Å². The van der Waals surface area contributed by atoms with Crippen molar-refractivity contribution in [3.8, 4) is 11.1 Å². The van der Waals surface area contributed by atoms with E-state index in [0.29, 0.717) is 12.0 Å². The Labute approximate surface area is 118 Å². The SMILES string of the molecule is C=C1CC(c2ccccc2-c2cnn(C)c2)N(C)C1=O. The summed E-state index contributed by atoms with van der Waals surface area (Å²) in [6, 6.07) is 8.24. The maximum absolute atomic E-state index is 12.0. The van der Waals surface area contributed by atoms with Crippen LogP contribution in [0.1, 0.15) is 18.0 Å². The molecule has 102 valence electrons. The van der Waals surface area contributed by atoms with Gasteiger partial charge in [0.2, 0.25) is 5.91 Å². The van der Waals surface area contributed by atoms with Gasteiger partial charge in [-0.25, -0.2) is 0 Å². The normalized spacial score (nSPS) is 18.9. The van der Waals surface area contributed by atoms with Crippen molar-refractivity contribution in [1.82, 2.24) is 14.7 Å². The highest BCUT2D eigenvalue weighted by molar-refractivity contribution is 5.95. The number of hydrogen-bond acceptors (Lipinski definition) is 2. The third-order valence-corrected chi connectivity index (χ3v) is 3.87. The van der Waals surface area contributed by atoms with E-state index in [2.05, 4.69) is 23.8 Å². The van der Waals surface area contributed by atoms with Crippen LogP contribution in [0.15, 0.2) is 48.8 Å². The molecular formula is C16H17N3O. The second kappa shape index (κ2) is 4.63. The highest BCUT2D eigenvalue weighted by atomic mass is 16.2. The lowest BCUT2D eigenvalue weighted by molar-refractivity contribution is -0.124. The molecule has 0 N–H and O–H groups in total. The minimum absolute atomic E-state index is 0.0380. The number of carbonyl (C=O) groups is 1. The molecule has 2 aromatic rings.